The molecular formula is C17H22N6O. The first-order valence-corrected chi connectivity index (χ1v) is 8.14. The van der Waals surface area contributed by atoms with Gasteiger partial charge >= 0.3 is 0 Å². The van der Waals surface area contributed by atoms with Crippen LogP contribution in [0, 0.1) is 6.92 Å². The van der Waals surface area contributed by atoms with Crippen molar-refractivity contribution in [2.45, 2.75) is 46.2 Å². The molecule has 126 valence electrons. The van der Waals surface area contributed by atoms with Crippen LogP contribution in [-0.4, -0.2) is 30.4 Å². The smallest absolute Gasteiger partial charge is 0.253 e. The Balaban J connectivity index is 1.83. The second-order valence-electron chi connectivity index (χ2n) is 6.20. The lowest BCUT2D eigenvalue weighted by molar-refractivity contribution is 0.0933. The van der Waals surface area contributed by atoms with Crippen LogP contribution in [0.25, 0.3) is 11.2 Å². The van der Waals surface area contributed by atoms with Gasteiger partial charge in [0.05, 0.1) is 17.9 Å². The maximum absolute atomic E-state index is 12.6. The van der Waals surface area contributed by atoms with Crippen LogP contribution in [-0.2, 0) is 0 Å². The summed E-state index contributed by atoms with van der Waals surface area (Å²) < 4.78 is 1.98. The Morgan fingerprint density at radius 3 is 2.71 bits per heavy atom. The highest BCUT2D eigenvalue weighted by atomic mass is 16.1. The van der Waals surface area contributed by atoms with Crippen molar-refractivity contribution in [3.8, 4) is 0 Å². The van der Waals surface area contributed by atoms with Gasteiger partial charge in [0.1, 0.15) is 11.3 Å². The number of aromatic amines is 1. The molecule has 0 spiro atoms. The third-order valence-electron chi connectivity index (χ3n) is 4.00. The van der Waals surface area contributed by atoms with Crippen LogP contribution in [0.2, 0.25) is 0 Å². The fourth-order valence-corrected chi connectivity index (χ4v) is 2.64. The maximum atomic E-state index is 12.6. The zero-order valence-corrected chi connectivity index (χ0v) is 14.4. The number of carbonyl (C=O) groups excluding carboxylic acids is 1. The minimum Gasteiger partial charge on any atom is -0.344 e. The molecule has 0 bridgehead atoms. The summed E-state index contributed by atoms with van der Waals surface area (Å²) in [6.45, 7) is 8.09. The zero-order chi connectivity index (χ0) is 17.3. The number of hydrogen-bond acceptors (Lipinski definition) is 4. The van der Waals surface area contributed by atoms with E-state index in [9.17, 15) is 4.79 Å². The average molecular weight is 326 g/mol. The highest BCUT2D eigenvalue weighted by molar-refractivity contribution is 5.96. The van der Waals surface area contributed by atoms with Gasteiger partial charge in [0.15, 0.2) is 5.65 Å². The van der Waals surface area contributed by atoms with Gasteiger partial charge in [-0.05, 0) is 33.3 Å². The Labute approximate surface area is 140 Å². The van der Waals surface area contributed by atoms with Crippen LogP contribution >= 0.6 is 0 Å². The molecule has 0 aromatic carbocycles. The van der Waals surface area contributed by atoms with Crippen LogP contribution in [0.3, 0.4) is 0 Å². The summed E-state index contributed by atoms with van der Waals surface area (Å²) in [5, 5.41) is 3.00. The van der Waals surface area contributed by atoms with Crippen molar-refractivity contribution in [2.75, 3.05) is 0 Å². The third kappa shape index (κ3) is 3.02. The van der Waals surface area contributed by atoms with E-state index in [2.05, 4.69) is 39.1 Å². The lowest BCUT2D eigenvalue weighted by Crippen LogP contribution is -2.29. The van der Waals surface area contributed by atoms with Crippen molar-refractivity contribution < 1.29 is 4.79 Å². The molecule has 1 unspecified atom stereocenters. The number of rotatable bonds is 5. The number of hydrogen-bond donors (Lipinski definition) is 2. The van der Waals surface area contributed by atoms with Crippen LogP contribution in [0.15, 0.2) is 24.8 Å². The zero-order valence-electron chi connectivity index (χ0n) is 14.4. The summed E-state index contributed by atoms with van der Waals surface area (Å²) in [6, 6.07) is 1.89. The van der Waals surface area contributed by atoms with Gasteiger partial charge in [-0.25, -0.2) is 15.0 Å². The molecule has 3 aromatic heterocycles. The summed E-state index contributed by atoms with van der Waals surface area (Å²) in [5.41, 5.74) is 2.98. The van der Waals surface area contributed by atoms with E-state index in [1.807, 2.05) is 18.4 Å². The second-order valence-corrected chi connectivity index (χ2v) is 6.20. The SMILES string of the molecule is CCC(NC(=O)c1cnc2c(c1)ncn2C(C)C)c1ncc(C)[nH]1. The van der Waals surface area contributed by atoms with E-state index in [1.165, 1.54) is 0 Å². The highest BCUT2D eigenvalue weighted by Gasteiger charge is 2.18. The number of aryl methyl sites for hydroxylation is 1. The predicted octanol–water partition coefficient (Wildman–Crippen LogP) is 2.92. The molecule has 0 saturated heterocycles. The van der Waals surface area contributed by atoms with Gasteiger partial charge in [0.2, 0.25) is 0 Å². The van der Waals surface area contributed by atoms with E-state index >= 15 is 0 Å². The number of amides is 1. The first-order valence-electron chi connectivity index (χ1n) is 8.14. The van der Waals surface area contributed by atoms with Gasteiger partial charge in [-0.15, -0.1) is 0 Å². The van der Waals surface area contributed by atoms with Crippen molar-refractivity contribution >= 4 is 17.1 Å². The Morgan fingerprint density at radius 2 is 2.08 bits per heavy atom. The molecule has 7 nitrogen and oxygen atoms in total. The number of pyridine rings is 1. The maximum Gasteiger partial charge on any atom is 0.253 e. The number of nitrogens with zero attached hydrogens (tertiary/aromatic N) is 4. The first kappa shape index (κ1) is 16.2. The molecule has 3 rings (SSSR count). The molecule has 1 amide bonds. The number of nitrogens with one attached hydrogen (secondary N) is 2. The molecule has 1 atom stereocenters. The lowest BCUT2D eigenvalue weighted by atomic mass is 10.2. The van der Waals surface area contributed by atoms with Gasteiger partial charge in [0.25, 0.3) is 5.91 Å². The molecule has 0 saturated carbocycles. The molecule has 0 aliphatic heterocycles. The molecule has 0 fully saturated rings. The molecule has 3 aromatic rings. The first-order chi connectivity index (χ1) is 11.5. The van der Waals surface area contributed by atoms with E-state index in [0.717, 1.165) is 29.1 Å². The van der Waals surface area contributed by atoms with Gasteiger partial charge in [0, 0.05) is 24.1 Å². The summed E-state index contributed by atoms with van der Waals surface area (Å²) in [6.07, 6.45) is 5.86. The van der Waals surface area contributed by atoms with Crippen LogP contribution < -0.4 is 5.32 Å². The van der Waals surface area contributed by atoms with E-state index in [0.29, 0.717) is 5.56 Å². The van der Waals surface area contributed by atoms with Crippen LogP contribution in [0.1, 0.15) is 61.2 Å². The fourth-order valence-electron chi connectivity index (χ4n) is 2.64. The molecule has 3 heterocycles. The molecule has 2 N–H and O–H groups in total. The summed E-state index contributed by atoms with van der Waals surface area (Å²) in [4.78, 5) is 28.8. The summed E-state index contributed by atoms with van der Waals surface area (Å²) in [5.74, 6) is 0.589. The average Bonchev–Trinajstić information content (AvgIpc) is 3.17. The summed E-state index contributed by atoms with van der Waals surface area (Å²) in [7, 11) is 0. The molecule has 0 radical (unpaired) electrons. The normalized spacial score (nSPS) is 12.7. The van der Waals surface area contributed by atoms with Gasteiger partial charge < -0.3 is 14.9 Å². The number of aromatic nitrogens is 5. The molecule has 24 heavy (non-hydrogen) atoms. The predicted molar refractivity (Wildman–Crippen MR) is 91.7 cm³/mol. The van der Waals surface area contributed by atoms with E-state index in [-0.39, 0.29) is 18.0 Å². The number of fused-ring (bicyclic) bond motifs is 1. The molecule has 0 aliphatic rings. The lowest BCUT2D eigenvalue weighted by Gasteiger charge is -2.14. The topological polar surface area (TPSA) is 88.5 Å². The van der Waals surface area contributed by atoms with Gasteiger partial charge in [-0.3, -0.25) is 4.79 Å². The Kier molecular flexibility index (Phi) is 4.33. The van der Waals surface area contributed by atoms with E-state index < -0.39 is 0 Å². The van der Waals surface area contributed by atoms with Crippen molar-refractivity contribution in [1.29, 1.82) is 0 Å². The Hall–Kier alpha value is -2.70. The minimum atomic E-state index is -0.176. The Morgan fingerprint density at radius 1 is 1.29 bits per heavy atom. The van der Waals surface area contributed by atoms with Crippen molar-refractivity contribution in [3.63, 3.8) is 0 Å². The molecular weight excluding hydrogens is 304 g/mol. The standard InChI is InChI=1S/C17H22N6O/c1-5-13(15-18-7-11(4)21-15)22-17(24)12-6-14-16(19-8-12)23(9-20-14)10(2)3/h6-10,13H,5H2,1-4H3,(H,18,21)(H,22,24). The Bertz CT molecular complexity index is 863. The van der Waals surface area contributed by atoms with Gasteiger partial charge in [-0.2, -0.15) is 0 Å². The monoisotopic (exact) mass is 326 g/mol. The largest absolute Gasteiger partial charge is 0.344 e. The van der Waals surface area contributed by atoms with E-state index in [4.69, 9.17) is 0 Å². The highest BCUT2D eigenvalue weighted by Crippen LogP contribution is 2.18. The quantitative estimate of drug-likeness (QED) is 0.754. The fraction of sp³-hybridized carbons (Fsp3) is 0.412. The second kappa shape index (κ2) is 6.43. The minimum absolute atomic E-state index is 0.157. The number of imidazole rings is 2. The number of carbonyl (C=O) groups is 1. The van der Waals surface area contributed by atoms with Crippen LogP contribution in [0.5, 0.6) is 0 Å². The van der Waals surface area contributed by atoms with Crippen molar-refractivity contribution in [1.82, 2.24) is 29.8 Å². The van der Waals surface area contributed by atoms with Gasteiger partial charge in [-0.1, -0.05) is 6.92 Å². The molecule has 0 aliphatic carbocycles. The van der Waals surface area contributed by atoms with Crippen LogP contribution in [0.4, 0.5) is 0 Å². The number of H-pyrrole nitrogens is 1. The third-order valence-corrected chi connectivity index (χ3v) is 4.00. The van der Waals surface area contributed by atoms with E-state index in [1.54, 1.807) is 24.8 Å². The molecule has 7 heteroatoms. The van der Waals surface area contributed by atoms with Crippen molar-refractivity contribution in [3.05, 3.63) is 41.9 Å². The summed E-state index contributed by atoms with van der Waals surface area (Å²) >= 11 is 0. The van der Waals surface area contributed by atoms with Crippen molar-refractivity contribution in [2.24, 2.45) is 0 Å².